The van der Waals surface area contributed by atoms with E-state index in [0.29, 0.717) is 12.4 Å². The fourth-order valence-corrected chi connectivity index (χ4v) is 5.91. The lowest BCUT2D eigenvalue weighted by molar-refractivity contribution is 0.569. The SMILES string of the molecule is CC(C)NS(=O)(=O)Cc1ccccc1CNc1ncnc2scc(-c3ccc(F)cc3)c12. The van der Waals surface area contributed by atoms with Crippen molar-refractivity contribution in [2.45, 2.75) is 32.2 Å². The van der Waals surface area contributed by atoms with E-state index in [1.165, 1.54) is 29.8 Å². The summed E-state index contributed by atoms with van der Waals surface area (Å²) in [5, 5.41) is 6.18. The van der Waals surface area contributed by atoms with Crippen molar-refractivity contribution < 1.29 is 12.8 Å². The first-order chi connectivity index (χ1) is 15.3. The average molecular weight is 471 g/mol. The monoisotopic (exact) mass is 470 g/mol. The molecule has 0 aliphatic heterocycles. The van der Waals surface area contributed by atoms with Gasteiger partial charge in [-0.1, -0.05) is 36.4 Å². The van der Waals surface area contributed by atoms with E-state index in [9.17, 15) is 12.8 Å². The maximum absolute atomic E-state index is 13.4. The highest BCUT2D eigenvalue weighted by Gasteiger charge is 2.17. The third-order valence-corrected chi connectivity index (χ3v) is 7.26. The van der Waals surface area contributed by atoms with Crippen molar-refractivity contribution in [1.82, 2.24) is 14.7 Å². The van der Waals surface area contributed by atoms with Gasteiger partial charge < -0.3 is 5.32 Å². The molecule has 0 fully saturated rings. The lowest BCUT2D eigenvalue weighted by Gasteiger charge is -2.14. The lowest BCUT2D eigenvalue weighted by atomic mass is 10.1. The number of fused-ring (bicyclic) bond motifs is 1. The number of benzene rings is 2. The van der Waals surface area contributed by atoms with Gasteiger partial charge >= 0.3 is 0 Å². The van der Waals surface area contributed by atoms with Crippen molar-refractivity contribution in [2.75, 3.05) is 5.32 Å². The Morgan fingerprint density at radius 2 is 1.75 bits per heavy atom. The molecule has 6 nitrogen and oxygen atoms in total. The first kappa shape index (κ1) is 22.3. The average Bonchev–Trinajstić information content (AvgIpc) is 3.17. The Bertz CT molecular complexity index is 1340. The molecule has 0 amide bonds. The van der Waals surface area contributed by atoms with Crippen molar-refractivity contribution in [2.24, 2.45) is 0 Å². The van der Waals surface area contributed by atoms with Crippen LogP contribution in [0, 0.1) is 5.82 Å². The van der Waals surface area contributed by atoms with Crippen LogP contribution in [-0.2, 0) is 22.3 Å². The topological polar surface area (TPSA) is 84.0 Å². The summed E-state index contributed by atoms with van der Waals surface area (Å²) in [4.78, 5) is 9.60. The summed E-state index contributed by atoms with van der Waals surface area (Å²) in [6, 6.07) is 13.6. The molecule has 0 aliphatic rings. The Hall–Kier alpha value is -2.88. The Labute approximate surface area is 190 Å². The maximum Gasteiger partial charge on any atom is 0.216 e. The molecule has 0 radical (unpaired) electrons. The van der Waals surface area contributed by atoms with Crippen LogP contribution in [0.4, 0.5) is 10.2 Å². The van der Waals surface area contributed by atoms with Gasteiger partial charge in [0, 0.05) is 23.5 Å². The molecule has 4 rings (SSSR count). The van der Waals surface area contributed by atoms with Gasteiger partial charge in [-0.2, -0.15) is 0 Å². The van der Waals surface area contributed by atoms with Crippen molar-refractivity contribution in [3.63, 3.8) is 0 Å². The van der Waals surface area contributed by atoms with Crippen LogP contribution in [0.25, 0.3) is 21.3 Å². The van der Waals surface area contributed by atoms with Gasteiger partial charge in [-0.25, -0.2) is 27.5 Å². The van der Waals surface area contributed by atoms with Crippen LogP contribution < -0.4 is 10.0 Å². The molecule has 0 unspecified atom stereocenters. The van der Waals surface area contributed by atoms with E-state index < -0.39 is 10.0 Å². The number of nitrogens with zero attached hydrogens (tertiary/aromatic N) is 2. The Morgan fingerprint density at radius 3 is 2.47 bits per heavy atom. The number of rotatable bonds is 8. The van der Waals surface area contributed by atoms with E-state index in [1.807, 2.05) is 29.6 Å². The molecule has 166 valence electrons. The normalized spacial score (nSPS) is 11.9. The summed E-state index contributed by atoms with van der Waals surface area (Å²) in [6.45, 7) is 3.99. The molecule has 0 saturated carbocycles. The van der Waals surface area contributed by atoms with E-state index in [2.05, 4.69) is 20.0 Å². The van der Waals surface area contributed by atoms with Gasteiger partial charge in [0.25, 0.3) is 0 Å². The van der Waals surface area contributed by atoms with Crippen molar-refractivity contribution >= 4 is 37.4 Å². The quantitative estimate of drug-likeness (QED) is 0.381. The van der Waals surface area contributed by atoms with Crippen LogP contribution in [0.2, 0.25) is 0 Å². The van der Waals surface area contributed by atoms with E-state index >= 15 is 0 Å². The van der Waals surface area contributed by atoms with Crippen LogP contribution in [0.15, 0.2) is 60.2 Å². The third kappa shape index (κ3) is 5.12. The van der Waals surface area contributed by atoms with E-state index in [4.69, 9.17) is 0 Å². The smallest absolute Gasteiger partial charge is 0.216 e. The van der Waals surface area contributed by atoms with Gasteiger partial charge in [0.05, 0.1) is 11.1 Å². The van der Waals surface area contributed by atoms with Crippen LogP contribution in [-0.4, -0.2) is 24.4 Å². The molecule has 0 aliphatic carbocycles. The minimum absolute atomic E-state index is 0.0957. The number of aromatic nitrogens is 2. The number of hydrogen-bond acceptors (Lipinski definition) is 6. The Balaban J connectivity index is 1.62. The Morgan fingerprint density at radius 1 is 1.03 bits per heavy atom. The summed E-state index contributed by atoms with van der Waals surface area (Å²) >= 11 is 1.49. The van der Waals surface area contributed by atoms with Crippen LogP contribution in [0.5, 0.6) is 0 Å². The second kappa shape index (κ2) is 9.32. The number of halogens is 1. The van der Waals surface area contributed by atoms with Gasteiger partial charge in [0.2, 0.25) is 10.0 Å². The molecule has 0 spiro atoms. The molecule has 32 heavy (non-hydrogen) atoms. The molecule has 0 bridgehead atoms. The predicted octanol–water partition coefficient (Wildman–Crippen LogP) is 4.94. The highest BCUT2D eigenvalue weighted by atomic mass is 32.2. The molecule has 9 heteroatoms. The van der Waals surface area contributed by atoms with Crippen LogP contribution in [0.3, 0.4) is 0 Å². The summed E-state index contributed by atoms with van der Waals surface area (Å²) in [5.74, 6) is 0.261. The molecule has 2 heterocycles. The number of thiophene rings is 1. The third-order valence-electron chi connectivity index (χ3n) is 4.85. The number of nitrogens with one attached hydrogen (secondary N) is 2. The van der Waals surface area contributed by atoms with Crippen molar-refractivity contribution in [1.29, 1.82) is 0 Å². The second-order valence-corrected chi connectivity index (χ2v) is 10.3. The highest BCUT2D eigenvalue weighted by molar-refractivity contribution is 7.88. The van der Waals surface area contributed by atoms with Crippen molar-refractivity contribution in [3.8, 4) is 11.1 Å². The number of hydrogen-bond donors (Lipinski definition) is 2. The van der Waals surface area contributed by atoms with E-state index in [0.717, 1.165) is 32.5 Å². The number of sulfonamides is 1. The molecular formula is C23H23FN4O2S2. The lowest BCUT2D eigenvalue weighted by Crippen LogP contribution is -2.31. The zero-order valence-electron chi connectivity index (χ0n) is 17.7. The molecule has 0 atom stereocenters. The van der Waals surface area contributed by atoms with Gasteiger partial charge in [-0.3, -0.25) is 0 Å². The van der Waals surface area contributed by atoms with Crippen LogP contribution in [0.1, 0.15) is 25.0 Å². The highest BCUT2D eigenvalue weighted by Crippen LogP contribution is 2.36. The molecule has 2 aromatic heterocycles. The molecular weight excluding hydrogens is 447 g/mol. The van der Waals surface area contributed by atoms with Gasteiger partial charge in [-0.15, -0.1) is 11.3 Å². The summed E-state index contributed by atoms with van der Waals surface area (Å²) in [6.07, 6.45) is 1.50. The standard InChI is InChI=1S/C23H23FN4O2S2/c1-15(2)28-32(29,30)13-18-6-4-3-5-17(18)11-25-22-21-20(12-31-23(21)27-14-26-22)16-7-9-19(24)10-8-16/h3-10,12,14-15,28H,11,13H2,1-2H3,(H,25,26,27). The predicted molar refractivity (Wildman–Crippen MR) is 127 cm³/mol. The summed E-state index contributed by atoms with van der Waals surface area (Å²) in [7, 11) is -3.44. The van der Waals surface area contributed by atoms with E-state index in [1.54, 1.807) is 26.0 Å². The fourth-order valence-electron chi connectivity index (χ4n) is 3.51. The van der Waals surface area contributed by atoms with Gasteiger partial charge in [0.15, 0.2) is 0 Å². The largest absolute Gasteiger partial charge is 0.365 e. The first-order valence-corrected chi connectivity index (χ1v) is 12.6. The maximum atomic E-state index is 13.4. The van der Waals surface area contributed by atoms with Crippen LogP contribution >= 0.6 is 11.3 Å². The molecule has 4 aromatic rings. The van der Waals surface area contributed by atoms with Gasteiger partial charge in [0.1, 0.15) is 22.8 Å². The minimum Gasteiger partial charge on any atom is -0.365 e. The zero-order chi connectivity index (χ0) is 22.7. The van der Waals surface area contributed by atoms with Gasteiger partial charge in [-0.05, 0) is 42.7 Å². The summed E-state index contributed by atoms with van der Waals surface area (Å²) in [5.41, 5.74) is 3.39. The second-order valence-electron chi connectivity index (χ2n) is 7.71. The molecule has 2 aromatic carbocycles. The van der Waals surface area contributed by atoms with E-state index in [-0.39, 0.29) is 17.6 Å². The minimum atomic E-state index is -3.44. The zero-order valence-corrected chi connectivity index (χ0v) is 19.3. The Kier molecular flexibility index (Phi) is 6.50. The molecule has 2 N–H and O–H groups in total. The summed E-state index contributed by atoms with van der Waals surface area (Å²) < 4.78 is 40.8. The first-order valence-electron chi connectivity index (χ1n) is 10.1. The number of anilines is 1. The fraction of sp³-hybridized carbons (Fsp3) is 0.217. The van der Waals surface area contributed by atoms with Crippen molar-refractivity contribution in [3.05, 3.63) is 77.2 Å². The molecule has 0 saturated heterocycles.